The molecule has 1 atom stereocenters. The Balaban J connectivity index is 1.67. The summed E-state index contributed by atoms with van der Waals surface area (Å²) in [5.74, 6) is 1.19. The number of rotatable bonds is 2. The van der Waals surface area contributed by atoms with Crippen LogP contribution in [0.15, 0.2) is 16.6 Å². The summed E-state index contributed by atoms with van der Waals surface area (Å²) in [5.41, 5.74) is 0.352. The lowest BCUT2D eigenvalue weighted by atomic mass is 9.83. The summed E-state index contributed by atoms with van der Waals surface area (Å²) in [4.78, 5) is 9.12. The van der Waals surface area contributed by atoms with Crippen molar-refractivity contribution < 1.29 is 0 Å². The highest BCUT2D eigenvalue weighted by molar-refractivity contribution is 8.14. The first-order chi connectivity index (χ1) is 8.77. The van der Waals surface area contributed by atoms with Gasteiger partial charge in [0.05, 0.1) is 0 Å². The maximum Gasteiger partial charge on any atom is 0.157 e. The number of aliphatic imine (C=N–C) groups is 1. The molecule has 2 heterocycles. The van der Waals surface area contributed by atoms with Gasteiger partial charge in [0, 0.05) is 22.9 Å². The first-order valence-corrected chi connectivity index (χ1v) is 8.52. The molecule has 1 aromatic rings. The monoisotopic (exact) mass is 281 g/mol. The van der Waals surface area contributed by atoms with E-state index in [0.29, 0.717) is 5.54 Å². The molecule has 0 radical (unpaired) electrons. The van der Waals surface area contributed by atoms with E-state index in [4.69, 9.17) is 4.99 Å². The molecule has 1 saturated heterocycles. The highest BCUT2D eigenvalue weighted by atomic mass is 32.2. The highest BCUT2D eigenvalue weighted by Crippen LogP contribution is 2.36. The van der Waals surface area contributed by atoms with Crippen LogP contribution in [0.1, 0.15) is 50.1 Å². The van der Waals surface area contributed by atoms with Crippen molar-refractivity contribution in [3.8, 4) is 0 Å². The zero-order chi connectivity index (χ0) is 12.4. The molecular formula is C13H19N3S2. The van der Waals surface area contributed by atoms with Gasteiger partial charge in [-0.25, -0.2) is 4.98 Å². The summed E-state index contributed by atoms with van der Waals surface area (Å²) in [6.07, 6.45) is 8.60. The van der Waals surface area contributed by atoms with Gasteiger partial charge in [-0.15, -0.1) is 11.3 Å². The fourth-order valence-electron chi connectivity index (χ4n) is 2.74. The van der Waals surface area contributed by atoms with E-state index in [0.717, 1.165) is 10.2 Å². The average molecular weight is 281 g/mol. The highest BCUT2D eigenvalue weighted by Gasteiger charge is 2.38. The number of thiazole rings is 1. The standard InChI is InChI=1S/C13H19N3S2/c1-10(11-14-7-8-17-11)15-12-16-13(9-18-12)5-3-2-4-6-13/h7-8,10H,2-6,9H2,1H3,(H,15,16). The topological polar surface area (TPSA) is 37.3 Å². The Hall–Kier alpha value is -0.550. The third kappa shape index (κ3) is 2.57. The molecule has 3 nitrogen and oxygen atoms in total. The zero-order valence-corrected chi connectivity index (χ0v) is 12.3. The quantitative estimate of drug-likeness (QED) is 0.900. The molecule has 18 heavy (non-hydrogen) atoms. The first-order valence-electron chi connectivity index (χ1n) is 6.66. The van der Waals surface area contributed by atoms with E-state index in [9.17, 15) is 0 Å². The number of amidine groups is 1. The van der Waals surface area contributed by atoms with E-state index in [2.05, 4.69) is 17.2 Å². The van der Waals surface area contributed by atoms with Gasteiger partial charge in [0.1, 0.15) is 11.0 Å². The molecule has 98 valence electrons. The van der Waals surface area contributed by atoms with Gasteiger partial charge in [-0.05, 0) is 19.8 Å². The van der Waals surface area contributed by atoms with E-state index in [1.54, 1.807) is 11.3 Å². The Morgan fingerprint density at radius 1 is 1.39 bits per heavy atom. The van der Waals surface area contributed by atoms with Crippen LogP contribution in [0.4, 0.5) is 0 Å². The van der Waals surface area contributed by atoms with E-state index >= 15 is 0 Å². The molecule has 2 aliphatic rings. The second-order valence-electron chi connectivity index (χ2n) is 5.24. The van der Waals surface area contributed by atoms with Crippen LogP contribution in [0.3, 0.4) is 0 Å². The van der Waals surface area contributed by atoms with Crippen molar-refractivity contribution >= 4 is 28.3 Å². The predicted octanol–water partition coefficient (Wildman–Crippen LogP) is 3.60. The van der Waals surface area contributed by atoms with Crippen molar-refractivity contribution in [2.75, 3.05) is 5.75 Å². The van der Waals surface area contributed by atoms with Gasteiger partial charge in [-0.3, -0.25) is 4.99 Å². The Bertz CT molecular complexity index is 421. The van der Waals surface area contributed by atoms with Crippen LogP contribution < -0.4 is 5.32 Å². The smallest absolute Gasteiger partial charge is 0.157 e. The zero-order valence-electron chi connectivity index (χ0n) is 10.7. The molecule has 1 spiro atoms. The third-order valence-electron chi connectivity index (χ3n) is 3.79. The van der Waals surface area contributed by atoms with Crippen molar-refractivity contribution in [1.29, 1.82) is 0 Å². The number of hydrogen-bond donors (Lipinski definition) is 1. The number of nitrogens with one attached hydrogen (secondary N) is 1. The summed E-state index contributed by atoms with van der Waals surface area (Å²) >= 11 is 3.58. The van der Waals surface area contributed by atoms with Gasteiger partial charge >= 0.3 is 0 Å². The lowest BCUT2D eigenvalue weighted by molar-refractivity contribution is 0.303. The SMILES string of the molecule is CC(N=C1NC2(CCCCC2)CS1)c1nccs1. The van der Waals surface area contributed by atoms with Crippen LogP contribution in [0.25, 0.3) is 0 Å². The molecule has 1 N–H and O–H groups in total. The minimum atomic E-state index is 0.179. The molecule has 2 fully saturated rings. The lowest BCUT2D eigenvalue weighted by Crippen LogP contribution is -2.45. The Morgan fingerprint density at radius 2 is 2.22 bits per heavy atom. The summed E-state index contributed by atoms with van der Waals surface area (Å²) in [6, 6.07) is 0.179. The van der Waals surface area contributed by atoms with Gasteiger partial charge < -0.3 is 5.32 Å². The summed E-state index contributed by atoms with van der Waals surface area (Å²) < 4.78 is 0. The maximum absolute atomic E-state index is 4.78. The molecule has 0 amide bonds. The summed E-state index contributed by atoms with van der Waals surface area (Å²) in [6.45, 7) is 2.12. The van der Waals surface area contributed by atoms with E-state index in [1.807, 2.05) is 23.3 Å². The Kier molecular flexibility index (Phi) is 3.61. The fraction of sp³-hybridized carbons (Fsp3) is 0.692. The molecule has 3 rings (SSSR count). The fourth-order valence-corrected chi connectivity index (χ4v) is 4.67. The minimum Gasteiger partial charge on any atom is -0.359 e. The summed E-state index contributed by atoms with van der Waals surface area (Å²) in [7, 11) is 0. The molecule has 1 aromatic heterocycles. The van der Waals surface area contributed by atoms with Gasteiger partial charge in [-0.2, -0.15) is 0 Å². The molecule has 0 bridgehead atoms. The van der Waals surface area contributed by atoms with Gasteiger partial charge in [0.25, 0.3) is 0 Å². The molecule has 1 aliphatic carbocycles. The van der Waals surface area contributed by atoms with Crippen LogP contribution in [-0.4, -0.2) is 21.4 Å². The van der Waals surface area contributed by atoms with Crippen LogP contribution in [0, 0.1) is 0 Å². The molecule has 1 unspecified atom stereocenters. The number of nitrogens with zero attached hydrogens (tertiary/aromatic N) is 2. The summed E-state index contributed by atoms with van der Waals surface area (Å²) in [5, 5.41) is 7.94. The molecule has 1 aliphatic heterocycles. The van der Waals surface area contributed by atoms with E-state index < -0.39 is 0 Å². The van der Waals surface area contributed by atoms with E-state index in [1.165, 1.54) is 37.9 Å². The van der Waals surface area contributed by atoms with Crippen LogP contribution >= 0.6 is 23.1 Å². The normalized spacial score (nSPS) is 26.4. The maximum atomic E-state index is 4.78. The molecule has 5 heteroatoms. The van der Waals surface area contributed by atoms with Gasteiger partial charge in [0.2, 0.25) is 0 Å². The first kappa shape index (κ1) is 12.5. The molecule has 0 aromatic carbocycles. The molecular weight excluding hydrogens is 262 g/mol. The van der Waals surface area contributed by atoms with Crippen LogP contribution in [-0.2, 0) is 0 Å². The largest absolute Gasteiger partial charge is 0.359 e. The van der Waals surface area contributed by atoms with Gasteiger partial charge in [0.15, 0.2) is 5.17 Å². The average Bonchev–Trinajstić information content (AvgIpc) is 3.01. The van der Waals surface area contributed by atoms with Crippen molar-refractivity contribution in [3.05, 3.63) is 16.6 Å². The number of thioether (sulfide) groups is 1. The molecule has 1 saturated carbocycles. The van der Waals surface area contributed by atoms with Crippen molar-refractivity contribution in [2.24, 2.45) is 4.99 Å². The van der Waals surface area contributed by atoms with Crippen molar-refractivity contribution in [3.63, 3.8) is 0 Å². The van der Waals surface area contributed by atoms with Crippen molar-refractivity contribution in [1.82, 2.24) is 10.3 Å². The van der Waals surface area contributed by atoms with Gasteiger partial charge in [-0.1, -0.05) is 31.0 Å². The lowest BCUT2D eigenvalue weighted by Gasteiger charge is -2.32. The second kappa shape index (κ2) is 5.21. The Morgan fingerprint density at radius 3 is 2.94 bits per heavy atom. The second-order valence-corrected chi connectivity index (χ2v) is 7.13. The van der Waals surface area contributed by atoms with Crippen LogP contribution in [0.5, 0.6) is 0 Å². The third-order valence-corrected chi connectivity index (χ3v) is 5.91. The van der Waals surface area contributed by atoms with Crippen molar-refractivity contribution in [2.45, 2.75) is 50.6 Å². The Labute approximate surface area is 116 Å². The predicted molar refractivity (Wildman–Crippen MR) is 79.4 cm³/mol. The van der Waals surface area contributed by atoms with E-state index in [-0.39, 0.29) is 6.04 Å². The van der Waals surface area contributed by atoms with Crippen LogP contribution in [0.2, 0.25) is 0 Å². The number of hydrogen-bond acceptors (Lipinski definition) is 4. The minimum absolute atomic E-state index is 0.179. The number of aromatic nitrogens is 1.